The van der Waals surface area contributed by atoms with Crippen molar-refractivity contribution in [3.8, 4) is 0 Å². The molecular formula is C11H18NO4P. The van der Waals surface area contributed by atoms with Crippen LogP contribution in [0.3, 0.4) is 0 Å². The van der Waals surface area contributed by atoms with E-state index >= 15 is 0 Å². The van der Waals surface area contributed by atoms with Gasteiger partial charge in [0.1, 0.15) is 6.61 Å². The second kappa shape index (κ2) is 6.72. The van der Waals surface area contributed by atoms with Crippen molar-refractivity contribution in [2.24, 2.45) is 0 Å². The predicted octanol–water partition coefficient (Wildman–Crippen LogP) is 1.89. The summed E-state index contributed by atoms with van der Waals surface area (Å²) in [5, 5.41) is 0. The maximum atomic E-state index is 11.8. The van der Waals surface area contributed by atoms with Gasteiger partial charge in [0, 0.05) is 15.9 Å². The minimum atomic E-state index is -0.531. The summed E-state index contributed by atoms with van der Waals surface area (Å²) < 4.78 is 9.67. The van der Waals surface area contributed by atoms with Crippen molar-refractivity contribution in [3.63, 3.8) is 0 Å². The number of carbonyl (C=O) groups is 2. The Morgan fingerprint density at radius 3 is 2.94 bits per heavy atom. The molecule has 1 fully saturated rings. The topological polar surface area (TPSA) is 55.8 Å². The van der Waals surface area contributed by atoms with Crippen LogP contribution in [0.5, 0.6) is 0 Å². The van der Waals surface area contributed by atoms with E-state index in [0.717, 1.165) is 5.57 Å². The number of nitrogens with zero attached hydrogens (tertiary/aromatic N) is 1. The molecule has 17 heavy (non-hydrogen) atoms. The monoisotopic (exact) mass is 259 g/mol. The van der Waals surface area contributed by atoms with E-state index in [9.17, 15) is 9.59 Å². The summed E-state index contributed by atoms with van der Waals surface area (Å²) in [6.07, 6.45) is 2.33. The number of allylic oxidation sites excluding steroid dienone is 1. The first-order chi connectivity index (χ1) is 8.06. The fraction of sp³-hybridized carbons (Fsp3) is 0.636. The van der Waals surface area contributed by atoms with Gasteiger partial charge in [-0.3, -0.25) is 4.79 Å². The van der Waals surface area contributed by atoms with Crippen molar-refractivity contribution in [1.29, 1.82) is 0 Å². The molecule has 0 radical (unpaired) electrons. The third kappa shape index (κ3) is 4.10. The Morgan fingerprint density at radius 1 is 1.71 bits per heavy atom. The van der Waals surface area contributed by atoms with E-state index in [1.807, 2.05) is 13.0 Å². The Morgan fingerprint density at radius 2 is 2.41 bits per heavy atom. The standard InChI is InChI=1S/C11H18NO4P/c1-8(6-16-17)4-3-5-10(13)12-9(2)7-15-11(12)14/h4,9H,3,5-7,17H2,1-2H3/b8-4-. The van der Waals surface area contributed by atoms with Crippen LogP contribution in [0.25, 0.3) is 0 Å². The number of carbonyl (C=O) groups excluding carboxylic acids is 2. The highest BCUT2D eigenvalue weighted by atomic mass is 31.0. The van der Waals surface area contributed by atoms with E-state index in [1.165, 1.54) is 4.90 Å². The van der Waals surface area contributed by atoms with Gasteiger partial charge in [0.15, 0.2) is 0 Å². The van der Waals surface area contributed by atoms with Gasteiger partial charge in [0.25, 0.3) is 0 Å². The minimum Gasteiger partial charge on any atom is -0.447 e. The number of hydrogen-bond donors (Lipinski definition) is 0. The molecule has 0 N–H and O–H groups in total. The molecule has 2 unspecified atom stereocenters. The van der Waals surface area contributed by atoms with Crippen LogP contribution in [0.15, 0.2) is 11.6 Å². The quantitative estimate of drug-likeness (QED) is 0.559. The van der Waals surface area contributed by atoms with Crippen LogP contribution in [0, 0.1) is 0 Å². The zero-order valence-electron chi connectivity index (χ0n) is 10.1. The van der Waals surface area contributed by atoms with Crippen LogP contribution >= 0.6 is 9.47 Å². The summed E-state index contributed by atoms with van der Waals surface area (Å²) in [6, 6.07) is -0.157. The van der Waals surface area contributed by atoms with E-state index in [-0.39, 0.29) is 11.9 Å². The van der Waals surface area contributed by atoms with Crippen molar-refractivity contribution in [2.45, 2.75) is 32.7 Å². The van der Waals surface area contributed by atoms with E-state index < -0.39 is 6.09 Å². The molecule has 96 valence electrons. The molecule has 2 atom stereocenters. The minimum absolute atomic E-state index is 0.157. The Bertz CT molecular complexity index is 329. The Labute approximate surface area is 103 Å². The number of rotatable bonds is 5. The SMILES string of the molecule is C/C(=C/CCC(=O)N1C(=O)OCC1C)COP. The molecule has 5 nitrogen and oxygen atoms in total. The fourth-order valence-electron chi connectivity index (χ4n) is 1.62. The smallest absolute Gasteiger partial charge is 0.416 e. The summed E-state index contributed by atoms with van der Waals surface area (Å²) >= 11 is 0. The van der Waals surface area contributed by atoms with Crippen molar-refractivity contribution < 1.29 is 18.8 Å². The average molecular weight is 259 g/mol. The molecule has 1 heterocycles. The molecule has 1 rings (SSSR count). The zero-order chi connectivity index (χ0) is 12.8. The molecule has 0 saturated carbocycles. The molecule has 0 aromatic rings. The van der Waals surface area contributed by atoms with Crippen molar-refractivity contribution in [1.82, 2.24) is 4.90 Å². The first-order valence-electron chi connectivity index (χ1n) is 5.52. The molecular weight excluding hydrogens is 241 g/mol. The Balaban J connectivity index is 2.39. The van der Waals surface area contributed by atoms with Gasteiger partial charge in [-0.15, -0.1) is 0 Å². The van der Waals surface area contributed by atoms with Crippen LogP contribution < -0.4 is 0 Å². The normalized spacial score (nSPS) is 20.6. The van der Waals surface area contributed by atoms with Crippen molar-refractivity contribution >= 4 is 21.5 Å². The molecule has 1 saturated heterocycles. The second-order valence-corrected chi connectivity index (χ2v) is 4.42. The van der Waals surface area contributed by atoms with Gasteiger partial charge in [-0.05, 0) is 20.3 Å². The summed E-state index contributed by atoms with van der Waals surface area (Å²) in [7, 11) is 2.18. The van der Waals surface area contributed by atoms with Gasteiger partial charge in [0.05, 0.1) is 12.6 Å². The van der Waals surface area contributed by atoms with Crippen LogP contribution in [0.4, 0.5) is 4.79 Å². The van der Waals surface area contributed by atoms with Gasteiger partial charge in [-0.1, -0.05) is 11.6 Å². The predicted molar refractivity (Wildman–Crippen MR) is 66.3 cm³/mol. The highest BCUT2D eigenvalue weighted by Gasteiger charge is 2.34. The number of ether oxygens (including phenoxy) is 1. The van der Waals surface area contributed by atoms with Crippen LogP contribution in [0.2, 0.25) is 0 Å². The molecule has 6 heteroatoms. The van der Waals surface area contributed by atoms with Gasteiger partial charge in [-0.25, -0.2) is 9.69 Å². The van der Waals surface area contributed by atoms with Crippen LogP contribution in [-0.4, -0.2) is 36.2 Å². The molecule has 1 aliphatic rings. The lowest BCUT2D eigenvalue weighted by atomic mass is 10.2. The summed E-state index contributed by atoms with van der Waals surface area (Å²) in [4.78, 5) is 24.2. The molecule has 0 aliphatic carbocycles. The summed E-state index contributed by atoms with van der Waals surface area (Å²) in [5.41, 5.74) is 1.06. The number of amides is 2. The lowest BCUT2D eigenvalue weighted by molar-refractivity contribution is -0.128. The highest BCUT2D eigenvalue weighted by molar-refractivity contribution is 7.09. The fourth-order valence-corrected chi connectivity index (χ4v) is 1.88. The molecule has 0 aromatic heterocycles. The van der Waals surface area contributed by atoms with E-state index in [1.54, 1.807) is 6.92 Å². The van der Waals surface area contributed by atoms with Crippen LogP contribution in [-0.2, 0) is 14.1 Å². The van der Waals surface area contributed by atoms with Gasteiger partial charge in [0.2, 0.25) is 5.91 Å². The highest BCUT2D eigenvalue weighted by Crippen LogP contribution is 2.14. The summed E-state index contributed by atoms with van der Waals surface area (Å²) in [6.45, 7) is 4.55. The third-order valence-electron chi connectivity index (χ3n) is 2.52. The number of cyclic esters (lactones) is 1. The van der Waals surface area contributed by atoms with Gasteiger partial charge in [-0.2, -0.15) is 0 Å². The van der Waals surface area contributed by atoms with E-state index in [2.05, 4.69) is 9.47 Å². The first-order valence-corrected chi connectivity index (χ1v) is 5.99. The average Bonchev–Trinajstić information content (AvgIpc) is 2.59. The lowest BCUT2D eigenvalue weighted by Crippen LogP contribution is -2.36. The van der Waals surface area contributed by atoms with E-state index in [4.69, 9.17) is 9.26 Å². The zero-order valence-corrected chi connectivity index (χ0v) is 11.3. The number of imide groups is 1. The van der Waals surface area contributed by atoms with Gasteiger partial charge < -0.3 is 9.26 Å². The van der Waals surface area contributed by atoms with Crippen LogP contribution in [0.1, 0.15) is 26.7 Å². The third-order valence-corrected chi connectivity index (χ3v) is 2.68. The lowest BCUT2D eigenvalue weighted by Gasteiger charge is -2.15. The maximum Gasteiger partial charge on any atom is 0.416 e. The molecule has 0 spiro atoms. The van der Waals surface area contributed by atoms with Crippen molar-refractivity contribution in [2.75, 3.05) is 13.2 Å². The largest absolute Gasteiger partial charge is 0.447 e. The van der Waals surface area contributed by atoms with E-state index in [0.29, 0.717) is 26.1 Å². The maximum absolute atomic E-state index is 11.8. The molecule has 0 bridgehead atoms. The Hall–Kier alpha value is -0.930. The summed E-state index contributed by atoms with van der Waals surface area (Å²) in [5.74, 6) is -0.184. The number of hydrogen-bond acceptors (Lipinski definition) is 4. The van der Waals surface area contributed by atoms with Gasteiger partial charge >= 0.3 is 6.09 Å². The Kier molecular flexibility index (Phi) is 5.59. The molecule has 1 aliphatic heterocycles. The second-order valence-electron chi connectivity index (χ2n) is 4.09. The molecule has 2 amide bonds. The van der Waals surface area contributed by atoms with Crippen molar-refractivity contribution in [3.05, 3.63) is 11.6 Å². The molecule has 0 aromatic carbocycles. The first kappa shape index (κ1) is 14.1.